The number of carbonyl (C=O) groups is 1. The van der Waals surface area contributed by atoms with Gasteiger partial charge in [0.1, 0.15) is 32.8 Å². The van der Waals surface area contributed by atoms with Crippen molar-refractivity contribution in [3.63, 3.8) is 0 Å². The lowest BCUT2D eigenvalue weighted by atomic mass is 9.93. The van der Waals surface area contributed by atoms with Crippen LogP contribution < -0.4 is 9.62 Å². The molecule has 2 aliphatic heterocycles. The number of nitrogens with zero attached hydrogens (tertiary/aromatic N) is 3. The van der Waals surface area contributed by atoms with Crippen LogP contribution >= 0.6 is 0 Å². The predicted molar refractivity (Wildman–Crippen MR) is 184 cm³/mol. The quantitative estimate of drug-likeness (QED) is 0.282. The van der Waals surface area contributed by atoms with E-state index >= 15 is 4.39 Å². The number of aromatic nitrogens is 1. The monoisotopic (exact) mass is 706 g/mol. The fourth-order valence-corrected chi connectivity index (χ4v) is 8.44. The number of carbonyl (C=O) groups excluding carboxylic acids is 1. The molecule has 2 aromatic carbocycles. The summed E-state index contributed by atoms with van der Waals surface area (Å²) in [6.07, 6.45) is 9.22. The average Bonchev–Trinajstić information content (AvgIpc) is 3.63. The van der Waals surface area contributed by atoms with Crippen molar-refractivity contribution < 1.29 is 34.8 Å². The van der Waals surface area contributed by atoms with Crippen molar-refractivity contribution in [2.75, 3.05) is 36.7 Å². The minimum atomic E-state index is -3.80. The average molecular weight is 707 g/mol. The van der Waals surface area contributed by atoms with Gasteiger partial charge >= 0.3 is 0 Å². The zero-order valence-electron chi connectivity index (χ0n) is 26.9. The van der Waals surface area contributed by atoms with E-state index in [2.05, 4.69) is 5.32 Å². The highest BCUT2D eigenvalue weighted by Crippen LogP contribution is 2.47. The van der Waals surface area contributed by atoms with Crippen LogP contribution in [-0.4, -0.2) is 77.1 Å². The summed E-state index contributed by atoms with van der Waals surface area (Å²) in [6.45, 7) is 0. The largest absolute Gasteiger partial charge is 0.455 e. The summed E-state index contributed by atoms with van der Waals surface area (Å²) in [5.41, 5.74) is 3.66. The summed E-state index contributed by atoms with van der Waals surface area (Å²) >= 11 is 0. The van der Waals surface area contributed by atoms with Gasteiger partial charge in [0.15, 0.2) is 0 Å². The molecular weight excluding hydrogens is 675 g/mol. The number of fused-ring (bicyclic) bond motifs is 6. The third kappa shape index (κ3) is 5.72. The molecule has 4 heterocycles. The Morgan fingerprint density at radius 2 is 1.82 bits per heavy atom. The number of allylic oxidation sites excluding steroid dienone is 2. The van der Waals surface area contributed by atoms with E-state index in [4.69, 9.17) is 9.40 Å². The number of hydrogen-bond donors (Lipinski definition) is 1. The molecule has 2 aromatic heterocycles. The molecule has 1 amide bonds. The number of benzene rings is 2. The van der Waals surface area contributed by atoms with Gasteiger partial charge in [0.25, 0.3) is 5.91 Å². The summed E-state index contributed by atoms with van der Waals surface area (Å²) < 4.78 is 86.9. The van der Waals surface area contributed by atoms with E-state index in [-0.39, 0.29) is 34.2 Å². The van der Waals surface area contributed by atoms with Gasteiger partial charge < -0.3 is 14.6 Å². The van der Waals surface area contributed by atoms with Crippen molar-refractivity contribution in [2.45, 2.75) is 18.5 Å². The fourth-order valence-electron chi connectivity index (χ4n) is 6.95. The first-order valence-electron chi connectivity index (χ1n) is 15.4. The first kappa shape index (κ1) is 32.7. The van der Waals surface area contributed by atoms with Gasteiger partial charge in [-0.05, 0) is 60.5 Å². The molecule has 4 aromatic rings. The molecule has 49 heavy (non-hydrogen) atoms. The van der Waals surface area contributed by atoms with Crippen LogP contribution in [0.15, 0.2) is 83.1 Å². The van der Waals surface area contributed by atoms with E-state index in [1.165, 1.54) is 56.8 Å². The van der Waals surface area contributed by atoms with Crippen LogP contribution in [0.25, 0.3) is 39.2 Å². The molecule has 0 saturated heterocycles. The van der Waals surface area contributed by atoms with Gasteiger partial charge in [-0.15, -0.1) is 0 Å². The molecule has 14 heteroatoms. The summed E-state index contributed by atoms with van der Waals surface area (Å²) in [4.78, 5) is 20.3. The molecule has 0 saturated carbocycles. The molecule has 7 rings (SSSR count). The van der Waals surface area contributed by atoms with Gasteiger partial charge in [-0.1, -0.05) is 18.2 Å². The standard InChI is InChI=1S/C35H32F2N4O6S2/c1-38-35(42)32-25-15-24(29(40(2)49(4,45)46)17-31(25)47-34(32)19-8-11-21(36)12-9-19)27-13-10-20-14-22(18-48(3,43)44)41-28-7-5-6-26(37)23(28)16-30(41)33(20)39-27/h5-13,15-17,22-23,28H,14,18H2,1-4H3,(H,38,42). The second kappa shape index (κ2) is 11.7. The first-order valence-corrected chi connectivity index (χ1v) is 19.3. The van der Waals surface area contributed by atoms with E-state index < -0.39 is 49.6 Å². The Bertz CT molecular complexity index is 2370. The fraction of sp³-hybridized carbons (Fsp3) is 0.257. The minimum absolute atomic E-state index is 0.132. The highest BCUT2D eigenvalue weighted by Gasteiger charge is 2.45. The van der Waals surface area contributed by atoms with E-state index in [0.717, 1.165) is 16.1 Å². The number of sulfonamides is 1. The lowest BCUT2D eigenvalue weighted by Crippen LogP contribution is -2.48. The van der Waals surface area contributed by atoms with Crippen LogP contribution in [0.2, 0.25) is 0 Å². The normalized spacial score (nSPS) is 20.0. The van der Waals surface area contributed by atoms with Crippen LogP contribution in [-0.2, 0) is 26.3 Å². The Hall–Kier alpha value is -4.82. The van der Waals surface area contributed by atoms with Crippen LogP contribution in [0, 0.1) is 11.7 Å². The van der Waals surface area contributed by atoms with Crippen LogP contribution in [0.3, 0.4) is 0 Å². The molecule has 0 spiro atoms. The summed E-state index contributed by atoms with van der Waals surface area (Å²) in [6, 6.07) is 11.3. The van der Waals surface area contributed by atoms with Crippen molar-refractivity contribution in [2.24, 2.45) is 5.92 Å². The van der Waals surface area contributed by atoms with Crippen LogP contribution in [0.1, 0.15) is 21.6 Å². The maximum absolute atomic E-state index is 15.1. The van der Waals surface area contributed by atoms with Crippen molar-refractivity contribution in [3.8, 4) is 22.6 Å². The molecule has 10 nitrogen and oxygen atoms in total. The van der Waals surface area contributed by atoms with Gasteiger partial charge in [0.2, 0.25) is 10.0 Å². The van der Waals surface area contributed by atoms with Gasteiger partial charge in [0.05, 0.1) is 52.3 Å². The Kier molecular flexibility index (Phi) is 7.78. The highest BCUT2D eigenvalue weighted by molar-refractivity contribution is 7.92. The van der Waals surface area contributed by atoms with E-state index in [9.17, 15) is 26.0 Å². The maximum Gasteiger partial charge on any atom is 0.255 e. The number of hydrogen-bond acceptors (Lipinski definition) is 8. The Balaban J connectivity index is 1.45. The van der Waals surface area contributed by atoms with Crippen molar-refractivity contribution in [1.29, 1.82) is 0 Å². The smallest absolute Gasteiger partial charge is 0.255 e. The zero-order chi connectivity index (χ0) is 35.0. The lowest BCUT2D eigenvalue weighted by molar-refractivity contribution is 0.0964. The molecule has 0 fully saturated rings. The molecule has 3 unspecified atom stereocenters. The topological polar surface area (TPSA) is 130 Å². The van der Waals surface area contributed by atoms with Gasteiger partial charge in [-0.3, -0.25) is 9.10 Å². The summed E-state index contributed by atoms with van der Waals surface area (Å²) in [5.74, 6) is -1.85. The first-order chi connectivity index (χ1) is 23.1. The lowest BCUT2D eigenvalue weighted by Gasteiger charge is -2.41. The van der Waals surface area contributed by atoms with Gasteiger partial charge in [-0.2, -0.15) is 0 Å². The van der Waals surface area contributed by atoms with Crippen LogP contribution in [0.4, 0.5) is 14.5 Å². The molecule has 1 aliphatic carbocycles. The molecule has 0 radical (unpaired) electrons. The number of pyridine rings is 1. The van der Waals surface area contributed by atoms with Crippen LogP contribution in [0.5, 0.6) is 0 Å². The molecule has 3 atom stereocenters. The Morgan fingerprint density at radius 1 is 1.08 bits per heavy atom. The third-order valence-corrected chi connectivity index (χ3v) is 11.4. The molecule has 0 bridgehead atoms. The highest BCUT2D eigenvalue weighted by atomic mass is 32.2. The third-order valence-electron chi connectivity index (χ3n) is 9.23. The molecule has 254 valence electrons. The minimum Gasteiger partial charge on any atom is -0.455 e. The Labute approximate surface area is 282 Å². The number of rotatable bonds is 7. The second-order valence-electron chi connectivity index (χ2n) is 12.6. The molecular formula is C35H32F2N4O6S2. The van der Waals surface area contributed by atoms with E-state index in [0.29, 0.717) is 40.0 Å². The van der Waals surface area contributed by atoms with Crippen molar-refractivity contribution >= 4 is 48.1 Å². The van der Waals surface area contributed by atoms with E-state index in [1.807, 2.05) is 17.0 Å². The number of furan rings is 1. The summed E-state index contributed by atoms with van der Waals surface area (Å²) in [5, 5.41) is 3.00. The van der Waals surface area contributed by atoms with Crippen molar-refractivity contribution in [1.82, 2.24) is 15.2 Å². The van der Waals surface area contributed by atoms with Gasteiger partial charge in [-0.25, -0.2) is 30.6 Å². The second-order valence-corrected chi connectivity index (χ2v) is 16.8. The predicted octanol–water partition coefficient (Wildman–Crippen LogP) is 5.09. The number of halogens is 2. The van der Waals surface area contributed by atoms with Crippen molar-refractivity contribution in [3.05, 3.63) is 101 Å². The SMILES string of the molecule is CNC(=O)c1c(-c2ccc(F)cc2)oc2cc(N(C)S(C)(=O)=O)c(-c3ccc4c(n3)C3=CC5C(F)=CC=CC5N3C(CS(C)(=O)=O)C4)cc12. The number of nitrogens with one attached hydrogen (secondary N) is 1. The maximum atomic E-state index is 15.1. The van der Waals surface area contributed by atoms with E-state index in [1.54, 1.807) is 24.3 Å². The summed E-state index contributed by atoms with van der Waals surface area (Å²) in [7, 11) is -4.33. The Morgan fingerprint density at radius 3 is 2.49 bits per heavy atom. The zero-order valence-corrected chi connectivity index (χ0v) is 28.6. The van der Waals surface area contributed by atoms with Gasteiger partial charge in [0, 0.05) is 49.0 Å². The number of amides is 1. The molecule has 3 aliphatic rings. The number of sulfone groups is 1. The number of anilines is 1. The molecule has 1 N–H and O–H groups in total.